The molecule has 0 spiro atoms. The Morgan fingerprint density at radius 1 is 1.14 bits per heavy atom. The van der Waals surface area contributed by atoms with Crippen molar-refractivity contribution in [2.24, 2.45) is 0 Å². The molecule has 2 aromatic rings. The summed E-state index contributed by atoms with van der Waals surface area (Å²) in [4.78, 5) is 12.7. The van der Waals surface area contributed by atoms with Crippen molar-refractivity contribution in [3.05, 3.63) is 65.2 Å². The van der Waals surface area contributed by atoms with Gasteiger partial charge in [0.2, 0.25) is 10.0 Å². The van der Waals surface area contributed by atoms with Crippen molar-refractivity contribution in [3.63, 3.8) is 0 Å². The Morgan fingerprint density at radius 2 is 1.86 bits per heavy atom. The molecule has 1 aliphatic carbocycles. The van der Waals surface area contributed by atoms with Gasteiger partial charge in [0.15, 0.2) is 0 Å². The van der Waals surface area contributed by atoms with E-state index in [4.69, 9.17) is 0 Å². The Labute approximate surface area is 167 Å². The lowest BCUT2D eigenvalue weighted by Gasteiger charge is -2.25. The van der Waals surface area contributed by atoms with Crippen LogP contribution in [0.5, 0.6) is 0 Å². The summed E-state index contributed by atoms with van der Waals surface area (Å²) in [5.41, 5.74) is 3.16. The molecule has 0 saturated carbocycles. The first-order valence-electron chi connectivity index (χ1n) is 9.89. The Morgan fingerprint density at radius 3 is 2.57 bits per heavy atom. The maximum absolute atomic E-state index is 12.5. The van der Waals surface area contributed by atoms with Crippen LogP contribution in [0.3, 0.4) is 0 Å². The highest BCUT2D eigenvalue weighted by atomic mass is 32.2. The molecule has 28 heavy (non-hydrogen) atoms. The third-order valence-electron chi connectivity index (χ3n) is 5.40. The van der Waals surface area contributed by atoms with Gasteiger partial charge >= 0.3 is 0 Å². The fourth-order valence-corrected chi connectivity index (χ4v) is 4.91. The van der Waals surface area contributed by atoms with Crippen molar-refractivity contribution >= 4 is 15.9 Å². The number of rotatable bonds is 7. The smallest absolute Gasteiger partial charge is 0.251 e. The fourth-order valence-electron chi connectivity index (χ4n) is 3.59. The van der Waals surface area contributed by atoms with Crippen LogP contribution in [0.25, 0.3) is 0 Å². The van der Waals surface area contributed by atoms with Crippen LogP contribution in [0.15, 0.2) is 53.4 Å². The minimum Gasteiger partial charge on any atom is -0.351 e. The lowest BCUT2D eigenvalue weighted by Crippen LogP contribution is -2.32. The molecule has 0 aliphatic heterocycles. The molecule has 2 unspecified atom stereocenters. The van der Waals surface area contributed by atoms with Crippen LogP contribution in [-0.4, -0.2) is 26.9 Å². The molecule has 0 saturated heterocycles. The largest absolute Gasteiger partial charge is 0.351 e. The van der Waals surface area contributed by atoms with Gasteiger partial charge in [-0.2, -0.15) is 0 Å². The van der Waals surface area contributed by atoms with E-state index in [1.54, 1.807) is 12.1 Å². The number of aryl methyl sites for hydroxylation is 1. The fraction of sp³-hybridized carbons (Fsp3) is 0.409. The van der Waals surface area contributed by atoms with Gasteiger partial charge < -0.3 is 5.32 Å². The summed E-state index contributed by atoms with van der Waals surface area (Å²) in [7, 11) is -3.56. The first kappa shape index (κ1) is 20.6. The van der Waals surface area contributed by atoms with E-state index in [2.05, 4.69) is 28.2 Å². The van der Waals surface area contributed by atoms with Crippen molar-refractivity contribution in [1.82, 2.24) is 10.0 Å². The summed E-state index contributed by atoms with van der Waals surface area (Å²) in [6, 6.07) is 14.4. The number of hydrogen-bond acceptors (Lipinski definition) is 3. The summed E-state index contributed by atoms with van der Waals surface area (Å²) in [6.45, 7) is 4.33. The third-order valence-corrected chi connectivity index (χ3v) is 7.00. The lowest BCUT2D eigenvalue weighted by molar-refractivity contribution is 0.0950. The zero-order valence-electron chi connectivity index (χ0n) is 16.4. The number of amides is 1. The number of fused-ring (bicyclic) bond motifs is 1. The topological polar surface area (TPSA) is 75.3 Å². The molecular weight excluding hydrogens is 372 g/mol. The normalized spacial score (nSPS) is 17.6. The molecule has 3 rings (SSSR count). The van der Waals surface area contributed by atoms with Gasteiger partial charge in [-0.1, -0.05) is 31.2 Å². The van der Waals surface area contributed by atoms with Gasteiger partial charge in [0, 0.05) is 24.1 Å². The standard InChI is InChI=1S/C22H28N2O3S/c1-3-16(2)24-28(26,27)20-13-11-18(12-14-20)22(25)23-15-19-9-6-8-17-7-4-5-10-21(17)19/h4-5,7,10-14,16,19,24H,3,6,8-9,15H2,1-2H3,(H,23,25). The van der Waals surface area contributed by atoms with Crippen molar-refractivity contribution in [1.29, 1.82) is 0 Å². The Hall–Kier alpha value is -2.18. The summed E-state index contributed by atoms with van der Waals surface area (Å²) in [6.07, 6.45) is 4.01. The molecule has 2 atom stereocenters. The maximum atomic E-state index is 12.5. The van der Waals surface area contributed by atoms with E-state index in [1.807, 2.05) is 19.9 Å². The zero-order valence-corrected chi connectivity index (χ0v) is 17.3. The van der Waals surface area contributed by atoms with E-state index < -0.39 is 10.0 Å². The summed E-state index contributed by atoms with van der Waals surface area (Å²) in [5, 5.41) is 3.01. The van der Waals surface area contributed by atoms with Crippen LogP contribution in [0, 0.1) is 0 Å². The minimum absolute atomic E-state index is 0.133. The van der Waals surface area contributed by atoms with E-state index in [-0.39, 0.29) is 16.8 Å². The van der Waals surface area contributed by atoms with Gasteiger partial charge in [0.25, 0.3) is 5.91 Å². The van der Waals surface area contributed by atoms with Gasteiger partial charge in [-0.05, 0) is 68.0 Å². The molecule has 150 valence electrons. The predicted octanol–water partition coefficient (Wildman–Crippen LogP) is 3.61. The monoisotopic (exact) mass is 400 g/mol. The molecule has 2 aromatic carbocycles. The Bertz CT molecular complexity index is 923. The highest BCUT2D eigenvalue weighted by Gasteiger charge is 2.21. The second kappa shape index (κ2) is 8.88. The van der Waals surface area contributed by atoms with Gasteiger partial charge in [-0.25, -0.2) is 13.1 Å². The van der Waals surface area contributed by atoms with Gasteiger partial charge in [-0.15, -0.1) is 0 Å². The van der Waals surface area contributed by atoms with E-state index in [9.17, 15) is 13.2 Å². The minimum atomic E-state index is -3.56. The average molecular weight is 401 g/mol. The molecule has 5 nitrogen and oxygen atoms in total. The van der Waals surface area contributed by atoms with Crippen molar-refractivity contribution in [2.45, 2.75) is 56.4 Å². The molecule has 0 fully saturated rings. The molecule has 1 aliphatic rings. The van der Waals surface area contributed by atoms with Crippen LogP contribution >= 0.6 is 0 Å². The maximum Gasteiger partial charge on any atom is 0.251 e. The van der Waals surface area contributed by atoms with Crippen LogP contribution < -0.4 is 10.0 Å². The quantitative estimate of drug-likeness (QED) is 0.745. The molecule has 0 aromatic heterocycles. The molecule has 0 radical (unpaired) electrons. The number of benzene rings is 2. The third kappa shape index (κ3) is 4.80. The van der Waals surface area contributed by atoms with E-state index in [1.165, 1.54) is 23.3 Å². The summed E-state index contributed by atoms with van der Waals surface area (Å²) in [5.74, 6) is 0.148. The SMILES string of the molecule is CCC(C)NS(=O)(=O)c1ccc(C(=O)NCC2CCCc3ccccc32)cc1. The van der Waals surface area contributed by atoms with Gasteiger partial charge in [0.05, 0.1) is 4.90 Å². The first-order valence-corrected chi connectivity index (χ1v) is 11.4. The number of hydrogen-bond donors (Lipinski definition) is 2. The van der Waals surface area contributed by atoms with E-state index in [0.717, 1.165) is 19.3 Å². The number of carbonyl (C=O) groups is 1. The zero-order chi connectivity index (χ0) is 20.1. The van der Waals surface area contributed by atoms with Gasteiger partial charge in [0.1, 0.15) is 0 Å². The highest BCUT2D eigenvalue weighted by molar-refractivity contribution is 7.89. The molecular formula is C22H28N2O3S. The lowest BCUT2D eigenvalue weighted by atomic mass is 9.83. The summed E-state index contributed by atoms with van der Waals surface area (Å²) < 4.78 is 27.3. The average Bonchev–Trinajstić information content (AvgIpc) is 2.71. The van der Waals surface area contributed by atoms with Crippen molar-refractivity contribution < 1.29 is 13.2 Å². The van der Waals surface area contributed by atoms with E-state index >= 15 is 0 Å². The number of carbonyl (C=O) groups excluding carboxylic acids is 1. The second-order valence-electron chi connectivity index (χ2n) is 7.45. The highest BCUT2D eigenvalue weighted by Crippen LogP contribution is 2.30. The van der Waals surface area contributed by atoms with Crippen molar-refractivity contribution in [3.8, 4) is 0 Å². The van der Waals surface area contributed by atoms with E-state index in [0.29, 0.717) is 24.4 Å². The number of nitrogens with one attached hydrogen (secondary N) is 2. The Kier molecular flexibility index (Phi) is 6.52. The first-order chi connectivity index (χ1) is 13.4. The molecule has 1 amide bonds. The van der Waals surface area contributed by atoms with Crippen LogP contribution in [-0.2, 0) is 16.4 Å². The van der Waals surface area contributed by atoms with Crippen LogP contribution in [0.4, 0.5) is 0 Å². The predicted molar refractivity (Wildman–Crippen MR) is 111 cm³/mol. The number of sulfonamides is 1. The molecule has 0 bridgehead atoms. The summed E-state index contributed by atoms with van der Waals surface area (Å²) >= 11 is 0. The van der Waals surface area contributed by atoms with Crippen LogP contribution in [0.2, 0.25) is 0 Å². The molecule has 0 heterocycles. The van der Waals surface area contributed by atoms with Gasteiger partial charge in [-0.3, -0.25) is 4.79 Å². The van der Waals surface area contributed by atoms with Crippen molar-refractivity contribution in [2.75, 3.05) is 6.54 Å². The second-order valence-corrected chi connectivity index (χ2v) is 9.17. The van der Waals surface area contributed by atoms with Crippen LogP contribution in [0.1, 0.15) is 60.5 Å². The molecule has 2 N–H and O–H groups in total. The molecule has 6 heteroatoms. The Balaban J connectivity index is 1.63.